The lowest BCUT2D eigenvalue weighted by Gasteiger charge is -2.33. The molecule has 1 atom stereocenters. The summed E-state index contributed by atoms with van der Waals surface area (Å²) in [6, 6.07) is 7.06. The third-order valence-corrected chi connectivity index (χ3v) is 7.15. The lowest BCUT2D eigenvalue weighted by Crippen LogP contribution is -2.38. The van der Waals surface area contributed by atoms with Gasteiger partial charge < -0.3 is 19.4 Å². The quantitative estimate of drug-likeness (QED) is 0.506. The fourth-order valence-electron chi connectivity index (χ4n) is 5.06. The maximum absolute atomic E-state index is 12.9. The van der Waals surface area contributed by atoms with E-state index in [0.29, 0.717) is 25.3 Å². The largest absolute Gasteiger partial charge is 0.573 e. The monoisotopic (exact) mass is 502 g/mol. The molecule has 1 aromatic carbocycles. The van der Waals surface area contributed by atoms with Gasteiger partial charge in [0.15, 0.2) is 5.65 Å². The van der Waals surface area contributed by atoms with Crippen molar-refractivity contribution in [3.63, 3.8) is 0 Å². The molecular weight excluding hydrogens is 473 g/mol. The van der Waals surface area contributed by atoms with E-state index in [0.717, 1.165) is 60.4 Å². The molecule has 0 spiro atoms. The summed E-state index contributed by atoms with van der Waals surface area (Å²) in [4.78, 5) is 27.4. The predicted octanol–water partition coefficient (Wildman–Crippen LogP) is 5.55. The Labute approximate surface area is 207 Å². The minimum absolute atomic E-state index is 0.101. The first-order valence-electron chi connectivity index (χ1n) is 12.2. The third kappa shape index (κ3) is 5.33. The van der Waals surface area contributed by atoms with Crippen molar-refractivity contribution in [1.82, 2.24) is 19.9 Å². The van der Waals surface area contributed by atoms with Gasteiger partial charge in [0.1, 0.15) is 17.1 Å². The number of aromatic nitrogens is 3. The third-order valence-electron chi connectivity index (χ3n) is 7.15. The van der Waals surface area contributed by atoms with Gasteiger partial charge in [-0.2, -0.15) is 0 Å². The number of halogens is 3. The van der Waals surface area contributed by atoms with Gasteiger partial charge in [0, 0.05) is 30.8 Å². The molecule has 0 radical (unpaired) electrons. The fourth-order valence-corrected chi connectivity index (χ4v) is 5.06. The maximum atomic E-state index is 12.9. The van der Waals surface area contributed by atoms with Gasteiger partial charge in [0.05, 0.1) is 12.2 Å². The number of ether oxygens (including phenoxy) is 2. The van der Waals surface area contributed by atoms with Crippen molar-refractivity contribution in [2.24, 2.45) is 0 Å². The molecule has 0 bridgehead atoms. The number of piperidine rings is 1. The number of rotatable bonds is 4. The second kappa shape index (κ2) is 9.38. The number of aromatic amines is 1. The maximum Gasteiger partial charge on any atom is 0.573 e. The average Bonchev–Trinajstić information content (AvgIpc) is 3.28. The number of carbonyl (C=O) groups is 1. The first kappa shape index (κ1) is 24.5. The Hall–Kier alpha value is -3.14. The van der Waals surface area contributed by atoms with Crippen molar-refractivity contribution < 1.29 is 27.4 Å². The van der Waals surface area contributed by atoms with Gasteiger partial charge in [0.25, 0.3) is 5.91 Å². The Bertz CT molecular complexity index is 1220. The minimum atomic E-state index is -4.76. The number of carbonyl (C=O) groups excluding carboxylic acids is 1. The highest BCUT2D eigenvalue weighted by molar-refractivity contribution is 5.94. The van der Waals surface area contributed by atoms with Gasteiger partial charge in [-0.05, 0) is 81.3 Å². The van der Waals surface area contributed by atoms with E-state index in [2.05, 4.69) is 28.6 Å². The molecule has 4 heterocycles. The fraction of sp³-hybridized carbons (Fsp3) is 0.500. The molecule has 2 aliphatic rings. The van der Waals surface area contributed by atoms with Crippen LogP contribution in [0.2, 0.25) is 0 Å². The van der Waals surface area contributed by atoms with Crippen LogP contribution >= 0.6 is 0 Å². The predicted molar refractivity (Wildman–Crippen MR) is 127 cm³/mol. The summed E-state index contributed by atoms with van der Waals surface area (Å²) >= 11 is 0. The first-order chi connectivity index (χ1) is 17.1. The molecule has 2 fully saturated rings. The molecule has 2 aliphatic heterocycles. The number of hydrogen-bond donors (Lipinski definition) is 1. The van der Waals surface area contributed by atoms with Gasteiger partial charge in [0.2, 0.25) is 0 Å². The van der Waals surface area contributed by atoms with E-state index in [-0.39, 0.29) is 29.1 Å². The zero-order valence-corrected chi connectivity index (χ0v) is 20.3. The Morgan fingerprint density at radius 3 is 2.47 bits per heavy atom. The van der Waals surface area contributed by atoms with Crippen LogP contribution in [0, 0.1) is 0 Å². The summed E-state index contributed by atoms with van der Waals surface area (Å²) in [6.45, 7) is 5.95. The molecule has 10 heteroatoms. The second-order valence-electron chi connectivity index (χ2n) is 10.2. The van der Waals surface area contributed by atoms with Crippen LogP contribution in [-0.2, 0) is 4.74 Å². The number of likely N-dealkylation sites (tertiary alicyclic amines) is 1. The molecule has 3 aromatic rings. The van der Waals surface area contributed by atoms with Crippen LogP contribution in [0.1, 0.15) is 73.1 Å². The highest BCUT2D eigenvalue weighted by atomic mass is 19.4. The molecule has 1 amide bonds. The molecule has 1 N–H and O–H groups in total. The van der Waals surface area contributed by atoms with Crippen LogP contribution in [0.25, 0.3) is 11.2 Å². The lowest BCUT2D eigenvalue weighted by molar-refractivity contribution is -0.274. The van der Waals surface area contributed by atoms with Crippen LogP contribution in [0.15, 0.2) is 36.5 Å². The number of H-pyrrole nitrogens is 1. The molecule has 0 aliphatic carbocycles. The Morgan fingerprint density at radius 2 is 1.83 bits per heavy atom. The van der Waals surface area contributed by atoms with E-state index in [1.54, 1.807) is 11.1 Å². The molecule has 5 rings (SSSR count). The number of pyridine rings is 1. The van der Waals surface area contributed by atoms with Crippen LogP contribution in [0.4, 0.5) is 13.2 Å². The Kier molecular flexibility index (Phi) is 6.40. The van der Waals surface area contributed by atoms with E-state index >= 15 is 0 Å². The summed E-state index contributed by atoms with van der Waals surface area (Å²) in [7, 11) is 0. The zero-order chi connectivity index (χ0) is 25.5. The summed E-state index contributed by atoms with van der Waals surface area (Å²) in [5.41, 5.74) is 3.01. The number of amides is 1. The summed E-state index contributed by atoms with van der Waals surface area (Å²) < 4.78 is 47.0. The second-order valence-corrected chi connectivity index (χ2v) is 10.2. The minimum Gasteiger partial charge on any atom is -0.406 e. The summed E-state index contributed by atoms with van der Waals surface area (Å²) in [5.74, 6) is 0.814. The Balaban J connectivity index is 1.24. The molecule has 36 heavy (non-hydrogen) atoms. The van der Waals surface area contributed by atoms with E-state index in [1.165, 1.54) is 12.1 Å². The molecule has 1 unspecified atom stereocenters. The molecule has 0 saturated carbocycles. The molecule has 192 valence electrons. The van der Waals surface area contributed by atoms with Gasteiger partial charge in [-0.1, -0.05) is 0 Å². The number of nitrogens with one attached hydrogen (secondary N) is 1. The first-order valence-corrected chi connectivity index (χ1v) is 12.2. The average molecular weight is 503 g/mol. The standard InChI is InChI=1S/C26H29F3N4O3/c1-25(2)11-7-18(15-35-25)22-31-21-20(8-12-30-23(21)32-22)16-9-13-33(14-10-16)24(34)17-3-5-19(6-4-17)36-26(27,28)29/h3-6,8,12,16,18H,7,9-11,13-15H2,1-2H3,(H,30,31,32). The number of hydrogen-bond acceptors (Lipinski definition) is 5. The summed E-state index contributed by atoms with van der Waals surface area (Å²) in [5, 5.41) is 0. The van der Waals surface area contributed by atoms with Crippen LogP contribution in [0.3, 0.4) is 0 Å². The van der Waals surface area contributed by atoms with Crippen molar-refractivity contribution in [3.8, 4) is 5.75 Å². The van der Waals surface area contributed by atoms with Gasteiger partial charge >= 0.3 is 6.36 Å². The highest BCUT2D eigenvalue weighted by Crippen LogP contribution is 2.36. The van der Waals surface area contributed by atoms with E-state index < -0.39 is 6.36 Å². The van der Waals surface area contributed by atoms with Gasteiger partial charge in [-0.3, -0.25) is 4.79 Å². The summed E-state index contributed by atoms with van der Waals surface area (Å²) in [6.07, 6.45) is 0.543. The molecule has 7 nitrogen and oxygen atoms in total. The number of nitrogens with zero attached hydrogens (tertiary/aromatic N) is 3. The molecular formula is C26H29F3N4O3. The lowest BCUT2D eigenvalue weighted by atomic mass is 9.89. The normalized spacial score (nSPS) is 21.0. The van der Waals surface area contributed by atoms with E-state index in [9.17, 15) is 18.0 Å². The molecule has 2 saturated heterocycles. The number of alkyl halides is 3. The van der Waals surface area contributed by atoms with Crippen molar-refractivity contribution in [1.29, 1.82) is 0 Å². The smallest absolute Gasteiger partial charge is 0.406 e. The van der Waals surface area contributed by atoms with Crippen molar-refractivity contribution in [2.45, 2.75) is 63.3 Å². The van der Waals surface area contributed by atoms with Crippen LogP contribution < -0.4 is 4.74 Å². The Morgan fingerprint density at radius 1 is 1.11 bits per heavy atom. The van der Waals surface area contributed by atoms with Crippen LogP contribution in [0.5, 0.6) is 5.75 Å². The van der Waals surface area contributed by atoms with Crippen molar-refractivity contribution >= 4 is 17.1 Å². The number of imidazole rings is 1. The van der Waals surface area contributed by atoms with Gasteiger partial charge in [-0.15, -0.1) is 13.2 Å². The number of fused-ring (bicyclic) bond motifs is 1. The van der Waals surface area contributed by atoms with Crippen molar-refractivity contribution in [2.75, 3.05) is 19.7 Å². The topological polar surface area (TPSA) is 80.3 Å². The SMILES string of the molecule is CC1(C)CCC(c2nc3c(C4CCN(C(=O)c5ccc(OC(F)(F)F)cc5)CC4)ccnc3[nH]2)CO1. The van der Waals surface area contributed by atoms with Crippen LogP contribution in [-0.4, -0.2) is 57.4 Å². The molecule has 2 aromatic heterocycles. The highest BCUT2D eigenvalue weighted by Gasteiger charge is 2.32. The number of benzene rings is 1. The van der Waals surface area contributed by atoms with E-state index in [1.807, 2.05) is 6.07 Å². The van der Waals surface area contributed by atoms with Gasteiger partial charge in [-0.25, -0.2) is 9.97 Å². The van der Waals surface area contributed by atoms with Crippen molar-refractivity contribution in [3.05, 3.63) is 53.5 Å². The zero-order valence-electron chi connectivity index (χ0n) is 20.3. The van der Waals surface area contributed by atoms with E-state index in [4.69, 9.17) is 9.72 Å².